The molecule has 1 amide bonds. The minimum atomic E-state index is -0.297. The van der Waals surface area contributed by atoms with E-state index in [0.29, 0.717) is 43.3 Å². The van der Waals surface area contributed by atoms with Crippen LogP contribution in [0.15, 0.2) is 30.3 Å². The van der Waals surface area contributed by atoms with Gasteiger partial charge in [-0.1, -0.05) is 12.1 Å². The van der Waals surface area contributed by atoms with Crippen LogP contribution in [0.5, 0.6) is 5.75 Å². The van der Waals surface area contributed by atoms with E-state index in [4.69, 9.17) is 10.5 Å². The van der Waals surface area contributed by atoms with Crippen molar-refractivity contribution in [1.29, 1.82) is 0 Å². The molecule has 0 bridgehead atoms. The Kier molecular flexibility index (Phi) is 5.04. The lowest BCUT2D eigenvalue weighted by molar-refractivity contribution is -0.143. The minimum Gasteiger partial charge on any atom is -0.507 e. The molecule has 0 aliphatic carbocycles. The van der Waals surface area contributed by atoms with Crippen LogP contribution in [0.1, 0.15) is 19.8 Å². The number of rotatable bonds is 3. The number of aromatic nitrogens is 2. The maximum atomic E-state index is 12.7. The predicted octanol–water partition coefficient (Wildman–Crippen LogP) is 1.65. The fourth-order valence-electron chi connectivity index (χ4n) is 3.93. The zero-order valence-corrected chi connectivity index (χ0v) is 15.9. The Labute approximate surface area is 163 Å². The van der Waals surface area contributed by atoms with Crippen LogP contribution >= 0.6 is 0 Å². The Morgan fingerprint density at radius 1 is 1.29 bits per heavy atom. The molecule has 3 heterocycles. The second-order valence-corrected chi connectivity index (χ2v) is 7.35. The molecule has 148 valence electrons. The molecular weight excluding hydrogens is 358 g/mol. The Morgan fingerprint density at radius 3 is 2.82 bits per heavy atom. The van der Waals surface area contributed by atoms with Gasteiger partial charge in [-0.15, -0.1) is 10.2 Å². The van der Waals surface area contributed by atoms with E-state index in [1.54, 1.807) is 18.2 Å². The molecule has 4 rings (SSSR count). The Hall–Kier alpha value is -2.87. The summed E-state index contributed by atoms with van der Waals surface area (Å²) in [5.41, 5.74) is 8.04. The van der Waals surface area contributed by atoms with Gasteiger partial charge in [-0.2, -0.15) is 0 Å². The zero-order chi connectivity index (χ0) is 19.7. The van der Waals surface area contributed by atoms with Gasteiger partial charge in [0.15, 0.2) is 5.82 Å². The normalized spacial score (nSPS) is 22.5. The second-order valence-electron chi connectivity index (χ2n) is 7.35. The molecule has 0 unspecified atom stereocenters. The van der Waals surface area contributed by atoms with Crippen LogP contribution in [0, 0.1) is 0 Å². The SMILES string of the molecule is C[C@H]1CN(c2cc(-c3ccccc3O)nnc2N)CCN1C(=O)[C@@H]1CCCO1. The summed E-state index contributed by atoms with van der Waals surface area (Å²) in [6, 6.07) is 8.89. The number of carbonyl (C=O) groups is 1. The van der Waals surface area contributed by atoms with Gasteiger partial charge in [-0.3, -0.25) is 4.79 Å². The van der Waals surface area contributed by atoms with Crippen LogP contribution in [0.2, 0.25) is 0 Å². The lowest BCUT2D eigenvalue weighted by Gasteiger charge is -2.41. The number of phenols is 1. The predicted molar refractivity (Wildman–Crippen MR) is 106 cm³/mol. The van der Waals surface area contributed by atoms with Crippen LogP contribution in [-0.4, -0.2) is 64.5 Å². The zero-order valence-electron chi connectivity index (χ0n) is 15.9. The van der Waals surface area contributed by atoms with Crippen molar-refractivity contribution >= 4 is 17.4 Å². The lowest BCUT2D eigenvalue weighted by atomic mass is 10.1. The maximum Gasteiger partial charge on any atom is 0.252 e. The van der Waals surface area contributed by atoms with Crippen molar-refractivity contribution in [3.05, 3.63) is 30.3 Å². The number of nitrogens with zero attached hydrogens (tertiary/aromatic N) is 4. The molecule has 2 saturated heterocycles. The fourth-order valence-corrected chi connectivity index (χ4v) is 3.93. The maximum absolute atomic E-state index is 12.7. The largest absolute Gasteiger partial charge is 0.507 e. The summed E-state index contributed by atoms with van der Waals surface area (Å²) in [4.78, 5) is 16.7. The van der Waals surface area contributed by atoms with Crippen LogP contribution in [0.25, 0.3) is 11.3 Å². The number of hydrogen-bond donors (Lipinski definition) is 2. The van der Waals surface area contributed by atoms with E-state index in [2.05, 4.69) is 15.1 Å². The van der Waals surface area contributed by atoms with Crippen molar-refractivity contribution in [3.63, 3.8) is 0 Å². The summed E-state index contributed by atoms with van der Waals surface area (Å²) in [6.07, 6.45) is 1.45. The third-order valence-corrected chi connectivity index (χ3v) is 5.44. The number of ether oxygens (including phenoxy) is 1. The summed E-state index contributed by atoms with van der Waals surface area (Å²) >= 11 is 0. The first-order valence-electron chi connectivity index (χ1n) is 9.63. The molecule has 0 spiro atoms. The van der Waals surface area contributed by atoms with Gasteiger partial charge < -0.3 is 25.4 Å². The number of nitrogen functional groups attached to an aromatic ring is 1. The molecule has 0 saturated carbocycles. The molecule has 2 aliphatic rings. The van der Waals surface area contributed by atoms with Gasteiger partial charge in [-0.05, 0) is 38.0 Å². The highest BCUT2D eigenvalue weighted by atomic mass is 16.5. The third-order valence-electron chi connectivity index (χ3n) is 5.44. The number of para-hydroxylation sites is 1. The average molecular weight is 383 g/mol. The van der Waals surface area contributed by atoms with Gasteiger partial charge in [0.05, 0.1) is 11.4 Å². The number of benzene rings is 1. The molecule has 2 fully saturated rings. The molecule has 1 aromatic heterocycles. The highest BCUT2D eigenvalue weighted by Gasteiger charge is 2.34. The first-order valence-corrected chi connectivity index (χ1v) is 9.63. The summed E-state index contributed by atoms with van der Waals surface area (Å²) in [7, 11) is 0. The Bertz CT molecular complexity index is 869. The Balaban J connectivity index is 1.53. The number of anilines is 2. The number of carbonyl (C=O) groups excluding carboxylic acids is 1. The second kappa shape index (κ2) is 7.63. The molecule has 28 heavy (non-hydrogen) atoms. The van der Waals surface area contributed by atoms with E-state index in [1.165, 1.54) is 0 Å². The smallest absolute Gasteiger partial charge is 0.252 e. The topological polar surface area (TPSA) is 105 Å². The van der Waals surface area contributed by atoms with Gasteiger partial charge in [0.1, 0.15) is 11.9 Å². The molecular formula is C20H25N5O3. The molecule has 2 atom stereocenters. The van der Waals surface area contributed by atoms with Crippen molar-refractivity contribution in [2.45, 2.75) is 31.9 Å². The average Bonchev–Trinajstić information content (AvgIpc) is 3.23. The summed E-state index contributed by atoms with van der Waals surface area (Å²) in [6.45, 7) is 4.61. The highest BCUT2D eigenvalue weighted by Crippen LogP contribution is 2.32. The van der Waals surface area contributed by atoms with E-state index in [-0.39, 0.29) is 23.8 Å². The number of phenolic OH excluding ortho intramolecular Hbond substituents is 1. The van der Waals surface area contributed by atoms with Crippen LogP contribution in [-0.2, 0) is 9.53 Å². The van der Waals surface area contributed by atoms with Gasteiger partial charge >= 0.3 is 0 Å². The Morgan fingerprint density at radius 2 is 2.11 bits per heavy atom. The highest BCUT2D eigenvalue weighted by molar-refractivity contribution is 5.82. The number of hydrogen-bond acceptors (Lipinski definition) is 7. The number of aromatic hydroxyl groups is 1. The van der Waals surface area contributed by atoms with Gasteiger partial charge in [0.25, 0.3) is 5.91 Å². The van der Waals surface area contributed by atoms with E-state index in [1.807, 2.05) is 24.0 Å². The van der Waals surface area contributed by atoms with Gasteiger partial charge in [0, 0.05) is 37.8 Å². The molecule has 1 aromatic carbocycles. The number of amides is 1. The molecule has 2 aromatic rings. The fraction of sp³-hybridized carbons (Fsp3) is 0.450. The standard InChI is InChI=1S/C20H25N5O3/c1-13-12-24(8-9-25(13)20(27)18-7-4-10-28-18)16-11-15(22-23-19(16)21)14-5-2-3-6-17(14)26/h2-3,5-6,11,13,18,26H,4,7-10,12H2,1H3,(H2,21,23)/t13-,18-/m0/s1. The number of piperazine rings is 1. The van der Waals surface area contributed by atoms with E-state index >= 15 is 0 Å². The first kappa shape index (κ1) is 18.5. The molecule has 0 radical (unpaired) electrons. The van der Waals surface area contributed by atoms with Crippen molar-refractivity contribution in [2.24, 2.45) is 0 Å². The lowest BCUT2D eigenvalue weighted by Crippen LogP contribution is -2.56. The van der Waals surface area contributed by atoms with Crippen LogP contribution in [0.4, 0.5) is 11.5 Å². The summed E-state index contributed by atoms with van der Waals surface area (Å²) in [5.74, 6) is 0.568. The summed E-state index contributed by atoms with van der Waals surface area (Å²) < 4.78 is 5.56. The van der Waals surface area contributed by atoms with E-state index in [9.17, 15) is 9.90 Å². The van der Waals surface area contributed by atoms with Gasteiger partial charge in [-0.25, -0.2) is 0 Å². The molecule has 8 heteroatoms. The third kappa shape index (κ3) is 3.47. The van der Waals surface area contributed by atoms with Gasteiger partial charge in [0.2, 0.25) is 0 Å². The quantitative estimate of drug-likeness (QED) is 0.830. The molecule has 8 nitrogen and oxygen atoms in total. The van der Waals surface area contributed by atoms with Crippen LogP contribution < -0.4 is 10.6 Å². The van der Waals surface area contributed by atoms with E-state index < -0.39 is 0 Å². The summed E-state index contributed by atoms with van der Waals surface area (Å²) in [5, 5.41) is 18.3. The first-order chi connectivity index (χ1) is 13.5. The van der Waals surface area contributed by atoms with Crippen LogP contribution in [0.3, 0.4) is 0 Å². The molecule has 2 aliphatic heterocycles. The number of nitrogens with two attached hydrogens (primary N) is 1. The van der Waals surface area contributed by atoms with Crippen molar-refractivity contribution < 1.29 is 14.6 Å². The van der Waals surface area contributed by atoms with E-state index in [0.717, 1.165) is 18.5 Å². The molecule has 3 N–H and O–H groups in total. The van der Waals surface area contributed by atoms with Crippen molar-refractivity contribution in [2.75, 3.05) is 36.9 Å². The van der Waals surface area contributed by atoms with Crippen molar-refractivity contribution in [1.82, 2.24) is 15.1 Å². The van der Waals surface area contributed by atoms with Crippen molar-refractivity contribution in [3.8, 4) is 17.0 Å². The minimum absolute atomic E-state index is 0.0339. The monoisotopic (exact) mass is 383 g/mol.